The zero-order valence-corrected chi connectivity index (χ0v) is 11.9. The summed E-state index contributed by atoms with van der Waals surface area (Å²) in [6, 6.07) is 1.62. The third-order valence-electron chi connectivity index (χ3n) is 2.42. The van der Waals surface area contributed by atoms with Gasteiger partial charge in [0.15, 0.2) is 0 Å². The van der Waals surface area contributed by atoms with Gasteiger partial charge < -0.3 is 15.0 Å². The number of carbonyl (C=O) groups excluding carboxylic acids is 1. The average molecular weight is 273 g/mol. The number of amides is 1. The molecule has 4 nitrogen and oxygen atoms in total. The number of H-pyrrole nitrogens is 1. The monoisotopic (exact) mass is 272 g/mol. The Morgan fingerprint density at radius 2 is 2.17 bits per heavy atom. The number of nitrogens with zero attached hydrogens (tertiary/aromatic N) is 1. The fourth-order valence-electron chi connectivity index (χ4n) is 1.75. The van der Waals surface area contributed by atoms with E-state index in [1.165, 1.54) is 0 Å². The van der Waals surface area contributed by atoms with E-state index < -0.39 is 0 Å². The first-order valence-electron chi connectivity index (χ1n) is 6.07. The standard InChI is InChI=1S/C13H21ClN2O2/c1-13(2,3)9-16(5-4-6-17)12(18)11-7-10(14)8-15-11/h7-8,15,17H,4-6,9H2,1-3H3. The number of aliphatic hydroxyl groups is 1. The van der Waals surface area contributed by atoms with Gasteiger partial charge in [-0.1, -0.05) is 32.4 Å². The topological polar surface area (TPSA) is 56.3 Å². The molecule has 0 saturated carbocycles. The smallest absolute Gasteiger partial charge is 0.270 e. The first-order valence-corrected chi connectivity index (χ1v) is 6.45. The molecule has 2 N–H and O–H groups in total. The maximum Gasteiger partial charge on any atom is 0.270 e. The molecule has 1 heterocycles. The molecule has 1 amide bonds. The highest BCUT2D eigenvalue weighted by Crippen LogP contribution is 2.18. The summed E-state index contributed by atoms with van der Waals surface area (Å²) in [5.41, 5.74) is 0.504. The number of carbonyl (C=O) groups is 1. The van der Waals surface area contributed by atoms with Crippen molar-refractivity contribution < 1.29 is 9.90 Å². The number of halogens is 1. The van der Waals surface area contributed by atoms with Crippen LogP contribution in [0.2, 0.25) is 5.02 Å². The molecule has 0 aliphatic heterocycles. The van der Waals surface area contributed by atoms with Crippen LogP contribution < -0.4 is 0 Å². The number of hydrogen-bond donors (Lipinski definition) is 2. The molecule has 102 valence electrons. The van der Waals surface area contributed by atoms with Crippen molar-refractivity contribution in [1.29, 1.82) is 0 Å². The minimum atomic E-state index is -0.0784. The highest BCUT2D eigenvalue weighted by atomic mass is 35.5. The fourth-order valence-corrected chi connectivity index (χ4v) is 1.91. The van der Waals surface area contributed by atoms with Gasteiger partial charge >= 0.3 is 0 Å². The predicted octanol–water partition coefficient (Wildman–Crippen LogP) is 2.54. The van der Waals surface area contributed by atoms with Crippen LogP contribution in [-0.4, -0.2) is 40.6 Å². The van der Waals surface area contributed by atoms with Crippen LogP contribution in [0.3, 0.4) is 0 Å². The van der Waals surface area contributed by atoms with Crippen LogP contribution in [0.1, 0.15) is 37.7 Å². The zero-order chi connectivity index (χ0) is 13.8. The van der Waals surface area contributed by atoms with E-state index in [1.807, 2.05) is 0 Å². The lowest BCUT2D eigenvalue weighted by Gasteiger charge is -2.29. The van der Waals surface area contributed by atoms with Gasteiger partial charge in [0.25, 0.3) is 5.91 Å². The Balaban J connectivity index is 2.78. The summed E-state index contributed by atoms with van der Waals surface area (Å²) in [5.74, 6) is -0.0784. The maximum absolute atomic E-state index is 12.3. The third-order valence-corrected chi connectivity index (χ3v) is 2.63. The largest absolute Gasteiger partial charge is 0.396 e. The molecule has 1 aromatic heterocycles. The lowest BCUT2D eigenvalue weighted by molar-refractivity contribution is 0.0677. The van der Waals surface area contributed by atoms with Gasteiger partial charge in [-0.25, -0.2) is 0 Å². The average Bonchev–Trinajstić information content (AvgIpc) is 2.68. The maximum atomic E-state index is 12.3. The molecule has 0 bridgehead atoms. The molecule has 0 spiro atoms. The van der Waals surface area contributed by atoms with Crippen LogP contribution in [0.5, 0.6) is 0 Å². The van der Waals surface area contributed by atoms with Crippen molar-refractivity contribution in [3.63, 3.8) is 0 Å². The highest BCUT2D eigenvalue weighted by Gasteiger charge is 2.22. The molecule has 18 heavy (non-hydrogen) atoms. The molecule has 0 radical (unpaired) electrons. The molecule has 0 fully saturated rings. The van der Waals surface area contributed by atoms with Gasteiger partial charge in [0, 0.05) is 25.9 Å². The van der Waals surface area contributed by atoms with Crippen molar-refractivity contribution in [1.82, 2.24) is 9.88 Å². The van der Waals surface area contributed by atoms with Gasteiger partial charge in [-0.05, 0) is 17.9 Å². The van der Waals surface area contributed by atoms with Crippen molar-refractivity contribution in [3.05, 3.63) is 23.0 Å². The number of aromatic nitrogens is 1. The Morgan fingerprint density at radius 1 is 1.50 bits per heavy atom. The minimum absolute atomic E-state index is 0.0154. The van der Waals surface area contributed by atoms with Gasteiger partial charge in [0.1, 0.15) is 5.69 Å². The van der Waals surface area contributed by atoms with Gasteiger partial charge in [0.05, 0.1) is 5.02 Å². The van der Waals surface area contributed by atoms with Gasteiger partial charge in [0.2, 0.25) is 0 Å². The van der Waals surface area contributed by atoms with E-state index >= 15 is 0 Å². The molecule has 0 aromatic carbocycles. The molecule has 1 aromatic rings. The second kappa shape index (κ2) is 6.25. The summed E-state index contributed by atoms with van der Waals surface area (Å²) in [4.78, 5) is 16.9. The lowest BCUT2D eigenvalue weighted by Crippen LogP contribution is -2.38. The van der Waals surface area contributed by atoms with Crippen LogP contribution in [0.15, 0.2) is 12.3 Å². The van der Waals surface area contributed by atoms with E-state index in [0.717, 1.165) is 0 Å². The molecule has 5 heteroatoms. The van der Waals surface area contributed by atoms with Gasteiger partial charge in [-0.15, -0.1) is 0 Å². The number of aliphatic hydroxyl groups excluding tert-OH is 1. The Hall–Kier alpha value is -1.00. The quantitative estimate of drug-likeness (QED) is 0.865. The second-order valence-electron chi connectivity index (χ2n) is 5.60. The van der Waals surface area contributed by atoms with Crippen molar-refractivity contribution >= 4 is 17.5 Å². The van der Waals surface area contributed by atoms with E-state index in [0.29, 0.717) is 30.2 Å². The van der Waals surface area contributed by atoms with Crippen LogP contribution in [0.4, 0.5) is 0 Å². The van der Waals surface area contributed by atoms with Crippen molar-refractivity contribution in [2.45, 2.75) is 27.2 Å². The van der Waals surface area contributed by atoms with Crippen molar-refractivity contribution in [2.75, 3.05) is 19.7 Å². The molecule has 0 aliphatic carbocycles. The molecule has 0 atom stereocenters. The second-order valence-corrected chi connectivity index (χ2v) is 6.03. The summed E-state index contributed by atoms with van der Waals surface area (Å²) in [6.45, 7) is 7.50. The van der Waals surface area contributed by atoms with E-state index in [-0.39, 0.29) is 17.9 Å². The van der Waals surface area contributed by atoms with Crippen LogP contribution in [0.25, 0.3) is 0 Å². The summed E-state index contributed by atoms with van der Waals surface area (Å²) in [6.07, 6.45) is 2.17. The molecule has 1 rings (SSSR count). The lowest BCUT2D eigenvalue weighted by atomic mass is 9.96. The SMILES string of the molecule is CC(C)(C)CN(CCCO)C(=O)c1cc(Cl)c[nH]1. The van der Waals surface area contributed by atoms with Gasteiger partial charge in [-0.2, -0.15) is 0 Å². The summed E-state index contributed by atoms with van der Waals surface area (Å²) >= 11 is 5.80. The van der Waals surface area contributed by atoms with Gasteiger partial charge in [-0.3, -0.25) is 4.79 Å². The molecular weight excluding hydrogens is 252 g/mol. The minimum Gasteiger partial charge on any atom is -0.396 e. The zero-order valence-electron chi connectivity index (χ0n) is 11.2. The number of hydrogen-bond acceptors (Lipinski definition) is 2. The van der Waals surface area contributed by atoms with E-state index in [1.54, 1.807) is 17.2 Å². The predicted molar refractivity (Wildman–Crippen MR) is 72.9 cm³/mol. The number of nitrogens with one attached hydrogen (secondary N) is 1. The highest BCUT2D eigenvalue weighted by molar-refractivity contribution is 6.30. The van der Waals surface area contributed by atoms with E-state index in [4.69, 9.17) is 16.7 Å². The normalized spacial score (nSPS) is 11.6. The van der Waals surface area contributed by atoms with Crippen LogP contribution in [0, 0.1) is 5.41 Å². The van der Waals surface area contributed by atoms with Crippen molar-refractivity contribution in [2.24, 2.45) is 5.41 Å². The Kier molecular flexibility index (Phi) is 5.23. The summed E-state index contributed by atoms with van der Waals surface area (Å²) in [7, 11) is 0. The summed E-state index contributed by atoms with van der Waals surface area (Å²) in [5, 5.41) is 9.43. The first kappa shape index (κ1) is 15.1. The third kappa shape index (κ3) is 4.70. The molecule has 0 saturated heterocycles. The van der Waals surface area contributed by atoms with E-state index in [2.05, 4.69) is 25.8 Å². The number of rotatable bonds is 5. The Morgan fingerprint density at radius 3 is 2.61 bits per heavy atom. The van der Waals surface area contributed by atoms with Crippen LogP contribution in [-0.2, 0) is 0 Å². The fraction of sp³-hybridized carbons (Fsp3) is 0.615. The number of aromatic amines is 1. The summed E-state index contributed by atoms with van der Waals surface area (Å²) < 4.78 is 0. The molecular formula is C13H21ClN2O2. The van der Waals surface area contributed by atoms with Crippen molar-refractivity contribution in [3.8, 4) is 0 Å². The molecule has 0 unspecified atom stereocenters. The molecule has 0 aliphatic rings. The Bertz CT molecular complexity index is 396. The van der Waals surface area contributed by atoms with Crippen LogP contribution >= 0.6 is 11.6 Å². The Labute approximate surface area is 113 Å². The van der Waals surface area contributed by atoms with E-state index in [9.17, 15) is 4.79 Å². The first-order chi connectivity index (χ1) is 8.33.